The fraction of sp³-hybridized carbons (Fsp3) is 0.217. The van der Waals surface area contributed by atoms with Crippen LogP contribution in [0.15, 0.2) is 62.8 Å². The van der Waals surface area contributed by atoms with Crippen LogP contribution in [-0.2, 0) is 14.3 Å². The topological polar surface area (TPSA) is 81.0 Å². The number of esters is 1. The van der Waals surface area contributed by atoms with Gasteiger partial charge in [-0.15, -0.1) is 11.3 Å². The highest BCUT2D eigenvalue weighted by Crippen LogP contribution is 2.35. The van der Waals surface area contributed by atoms with Gasteiger partial charge in [0.25, 0.3) is 11.5 Å². The molecule has 0 saturated heterocycles. The Bertz CT molecular complexity index is 1480. The first-order valence-electron chi connectivity index (χ1n) is 10.1. The fourth-order valence-electron chi connectivity index (χ4n) is 4.15. The molecule has 0 N–H and O–H groups in total. The second-order valence-corrected chi connectivity index (χ2v) is 9.35. The number of allylic oxidation sites excluding steroid dienone is 1. The summed E-state index contributed by atoms with van der Waals surface area (Å²) in [7, 11) is 1.70. The Morgan fingerprint density at radius 1 is 1.19 bits per heavy atom. The molecule has 0 radical (unpaired) electrons. The van der Waals surface area contributed by atoms with Crippen LogP contribution in [0.2, 0.25) is 0 Å². The van der Waals surface area contributed by atoms with Gasteiger partial charge in [0.15, 0.2) is 4.80 Å². The van der Waals surface area contributed by atoms with Crippen molar-refractivity contribution in [3.8, 4) is 0 Å². The smallest absolute Gasteiger partial charge is 0.338 e. The minimum Gasteiger partial charge on any atom is -0.463 e. The molecule has 7 nitrogen and oxygen atoms in total. The van der Waals surface area contributed by atoms with Gasteiger partial charge in [-0.1, -0.05) is 35.6 Å². The second-order valence-electron chi connectivity index (χ2n) is 7.39. The van der Waals surface area contributed by atoms with E-state index in [1.165, 1.54) is 27.2 Å². The van der Waals surface area contributed by atoms with Crippen molar-refractivity contribution in [2.45, 2.75) is 19.9 Å². The van der Waals surface area contributed by atoms with E-state index in [0.717, 1.165) is 16.1 Å². The largest absolute Gasteiger partial charge is 0.463 e. The standard InChI is InChI=1S/C23H19N3O4S2/c1-4-30-22(29)16-12(2)24-23-26(18(16)15-10-7-11-31-15)21(28)19(32-23)17-13-8-5-6-9-14(13)25(3)20(17)27/h5-11,18H,4H2,1-3H3/b19-17-/t18-/m1/s1. The minimum atomic E-state index is -0.649. The van der Waals surface area contributed by atoms with E-state index < -0.39 is 12.0 Å². The first kappa shape index (κ1) is 20.6. The molecule has 4 heterocycles. The van der Waals surface area contributed by atoms with Crippen molar-refractivity contribution in [2.24, 2.45) is 4.99 Å². The molecule has 0 fully saturated rings. The van der Waals surface area contributed by atoms with Crippen LogP contribution in [0, 0.1) is 0 Å². The predicted molar refractivity (Wildman–Crippen MR) is 124 cm³/mol. The third-order valence-electron chi connectivity index (χ3n) is 5.59. The van der Waals surface area contributed by atoms with E-state index in [1.807, 2.05) is 41.8 Å². The molecule has 162 valence electrons. The van der Waals surface area contributed by atoms with E-state index in [4.69, 9.17) is 4.74 Å². The molecule has 2 aliphatic heterocycles. The first-order chi connectivity index (χ1) is 15.4. The molecule has 9 heteroatoms. The number of para-hydroxylation sites is 1. The maximum Gasteiger partial charge on any atom is 0.338 e. The summed E-state index contributed by atoms with van der Waals surface area (Å²) >= 11 is 2.63. The molecular formula is C23H19N3O4S2. The quantitative estimate of drug-likeness (QED) is 0.556. The number of anilines is 1. The lowest BCUT2D eigenvalue weighted by molar-refractivity contribution is -0.139. The van der Waals surface area contributed by atoms with E-state index >= 15 is 0 Å². The Morgan fingerprint density at radius 3 is 2.69 bits per heavy atom. The van der Waals surface area contributed by atoms with Crippen LogP contribution < -0.4 is 19.8 Å². The monoisotopic (exact) mass is 465 g/mol. The molecule has 0 bridgehead atoms. The number of nitrogens with zero attached hydrogens (tertiary/aromatic N) is 3. The highest BCUT2D eigenvalue weighted by molar-refractivity contribution is 7.10. The zero-order chi connectivity index (χ0) is 22.6. The van der Waals surface area contributed by atoms with Crippen molar-refractivity contribution in [1.82, 2.24) is 4.57 Å². The van der Waals surface area contributed by atoms with Gasteiger partial charge in [0, 0.05) is 17.5 Å². The summed E-state index contributed by atoms with van der Waals surface area (Å²) in [4.78, 5) is 47.1. The number of benzene rings is 1. The van der Waals surface area contributed by atoms with Crippen molar-refractivity contribution >= 4 is 45.8 Å². The van der Waals surface area contributed by atoms with Gasteiger partial charge in [-0.2, -0.15) is 0 Å². The average Bonchev–Trinajstić information content (AvgIpc) is 3.47. The number of rotatable bonds is 3. The highest BCUT2D eigenvalue weighted by Gasteiger charge is 2.36. The van der Waals surface area contributed by atoms with Gasteiger partial charge in [0.05, 0.1) is 29.1 Å². The molecule has 1 amide bonds. The third-order valence-corrected chi connectivity index (χ3v) is 7.56. The second kappa shape index (κ2) is 7.68. The van der Waals surface area contributed by atoms with Crippen LogP contribution in [0.25, 0.3) is 5.57 Å². The zero-order valence-corrected chi connectivity index (χ0v) is 19.3. The summed E-state index contributed by atoms with van der Waals surface area (Å²) in [6.07, 6.45) is 0. The van der Waals surface area contributed by atoms with Gasteiger partial charge < -0.3 is 9.64 Å². The van der Waals surface area contributed by atoms with E-state index in [2.05, 4.69) is 4.99 Å². The lowest BCUT2D eigenvalue weighted by Crippen LogP contribution is -2.40. The van der Waals surface area contributed by atoms with E-state index in [9.17, 15) is 14.4 Å². The lowest BCUT2D eigenvalue weighted by Gasteiger charge is -2.23. The highest BCUT2D eigenvalue weighted by atomic mass is 32.1. The zero-order valence-electron chi connectivity index (χ0n) is 17.6. The summed E-state index contributed by atoms with van der Waals surface area (Å²) in [5.41, 5.74) is 2.37. The molecule has 0 unspecified atom stereocenters. The average molecular weight is 466 g/mol. The maximum atomic E-state index is 13.8. The summed E-state index contributed by atoms with van der Waals surface area (Å²) in [6, 6.07) is 10.5. The molecule has 1 aromatic carbocycles. The fourth-order valence-corrected chi connectivity index (χ4v) is 6.11. The van der Waals surface area contributed by atoms with E-state index in [1.54, 1.807) is 25.8 Å². The van der Waals surface area contributed by atoms with Gasteiger partial charge in [-0.3, -0.25) is 14.2 Å². The predicted octanol–water partition coefficient (Wildman–Crippen LogP) is 2.21. The molecule has 0 aliphatic carbocycles. The SMILES string of the molecule is CCOC(=O)C1=C(C)N=c2s/c(=C3\C(=O)N(C)c4ccccc43)c(=O)n2[C@@H]1c1cccs1. The van der Waals surface area contributed by atoms with Crippen molar-refractivity contribution in [3.63, 3.8) is 0 Å². The van der Waals surface area contributed by atoms with Gasteiger partial charge in [0.2, 0.25) is 0 Å². The van der Waals surface area contributed by atoms with Crippen LogP contribution in [0.3, 0.4) is 0 Å². The van der Waals surface area contributed by atoms with Crippen molar-refractivity contribution < 1.29 is 14.3 Å². The molecule has 2 aromatic heterocycles. The van der Waals surface area contributed by atoms with E-state index in [0.29, 0.717) is 26.2 Å². The summed E-state index contributed by atoms with van der Waals surface area (Å²) in [5, 5.41) is 1.90. The third kappa shape index (κ3) is 2.92. The van der Waals surface area contributed by atoms with Crippen molar-refractivity contribution in [3.05, 3.63) is 83.2 Å². The maximum absolute atomic E-state index is 13.8. The van der Waals surface area contributed by atoms with Gasteiger partial charge >= 0.3 is 5.97 Å². The summed E-state index contributed by atoms with van der Waals surface area (Å²) in [5.74, 6) is -0.724. The number of thiophene rings is 1. The number of aromatic nitrogens is 1. The number of hydrogen-bond donors (Lipinski definition) is 0. The number of hydrogen-bond acceptors (Lipinski definition) is 7. The number of amides is 1. The minimum absolute atomic E-state index is 0.221. The molecule has 0 saturated carbocycles. The molecule has 3 aromatic rings. The molecule has 2 aliphatic rings. The van der Waals surface area contributed by atoms with Crippen LogP contribution in [0.5, 0.6) is 0 Å². The lowest BCUT2D eigenvalue weighted by atomic mass is 10.0. The van der Waals surface area contributed by atoms with E-state index in [-0.39, 0.29) is 18.1 Å². The Morgan fingerprint density at radius 2 is 1.97 bits per heavy atom. The van der Waals surface area contributed by atoms with Gasteiger partial charge in [-0.25, -0.2) is 9.79 Å². The number of fused-ring (bicyclic) bond motifs is 2. The Kier molecular flexibility index (Phi) is 4.94. The number of carbonyl (C=O) groups excluding carboxylic acids is 2. The number of thiazole rings is 1. The van der Waals surface area contributed by atoms with Crippen LogP contribution in [0.1, 0.15) is 30.3 Å². The normalized spacial score (nSPS) is 19.0. The molecular weight excluding hydrogens is 446 g/mol. The van der Waals surface area contributed by atoms with Gasteiger partial charge in [0.1, 0.15) is 10.6 Å². The van der Waals surface area contributed by atoms with Crippen LogP contribution >= 0.6 is 22.7 Å². The molecule has 5 rings (SSSR count). The number of carbonyl (C=O) groups is 2. The molecule has 0 spiro atoms. The molecule has 32 heavy (non-hydrogen) atoms. The molecule has 1 atom stereocenters. The Hall–Kier alpha value is -3.30. The van der Waals surface area contributed by atoms with Gasteiger partial charge in [-0.05, 0) is 31.4 Å². The van der Waals surface area contributed by atoms with Crippen LogP contribution in [-0.4, -0.2) is 30.1 Å². The van der Waals surface area contributed by atoms with Crippen molar-refractivity contribution in [1.29, 1.82) is 0 Å². The van der Waals surface area contributed by atoms with Crippen molar-refractivity contribution in [2.75, 3.05) is 18.6 Å². The first-order valence-corrected chi connectivity index (χ1v) is 11.8. The van der Waals surface area contributed by atoms with Crippen LogP contribution in [0.4, 0.5) is 5.69 Å². The Labute approximate surface area is 191 Å². The summed E-state index contributed by atoms with van der Waals surface area (Å²) < 4.78 is 7.13. The number of ether oxygens (including phenoxy) is 1. The Balaban J connectivity index is 1.83. The number of likely N-dealkylation sites (N-methyl/N-ethyl adjacent to an activating group) is 1. The summed E-state index contributed by atoms with van der Waals surface area (Å²) in [6.45, 7) is 3.71.